The van der Waals surface area contributed by atoms with Crippen LogP contribution in [0.1, 0.15) is 26.7 Å². The van der Waals surface area contributed by atoms with E-state index in [1.54, 1.807) is 0 Å². The van der Waals surface area contributed by atoms with Crippen molar-refractivity contribution in [2.45, 2.75) is 26.7 Å². The molecule has 3 nitrogen and oxygen atoms in total. The topological polar surface area (TPSA) is 32.3 Å². The molecule has 1 N–H and O–H groups in total. The number of hydrogen-bond donors (Lipinski definition) is 1. The van der Waals surface area contributed by atoms with Gasteiger partial charge in [-0.15, -0.1) is 0 Å². The fourth-order valence-electron chi connectivity index (χ4n) is 1.47. The van der Waals surface area contributed by atoms with Crippen LogP contribution >= 0.6 is 0 Å². The van der Waals surface area contributed by atoms with Crippen molar-refractivity contribution >= 4 is 5.91 Å². The van der Waals surface area contributed by atoms with Crippen LogP contribution in [0.3, 0.4) is 0 Å². The highest BCUT2D eigenvalue weighted by molar-refractivity contribution is 5.81. The van der Waals surface area contributed by atoms with E-state index in [1.807, 2.05) is 18.7 Å². The average molecular weight is 184 g/mol. The van der Waals surface area contributed by atoms with Gasteiger partial charge in [0.05, 0.1) is 0 Å². The molecule has 0 radical (unpaired) electrons. The molecule has 0 spiro atoms. The number of nitrogens with zero attached hydrogens (tertiary/aromatic N) is 1. The van der Waals surface area contributed by atoms with Gasteiger partial charge < -0.3 is 10.2 Å². The lowest BCUT2D eigenvalue weighted by Crippen LogP contribution is -2.46. The first-order chi connectivity index (χ1) is 6.38. The first-order valence-corrected chi connectivity index (χ1v) is 5.37. The first-order valence-electron chi connectivity index (χ1n) is 5.37. The van der Waals surface area contributed by atoms with Crippen molar-refractivity contribution in [2.24, 2.45) is 5.92 Å². The van der Waals surface area contributed by atoms with Gasteiger partial charge in [0.1, 0.15) is 0 Å². The number of carbonyl (C=O) groups excluding carboxylic acids is 1. The normalized spacial score (nSPS) is 21.8. The van der Waals surface area contributed by atoms with Crippen molar-refractivity contribution < 1.29 is 4.79 Å². The van der Waals surface area contributed by atoms with Crippen molar-refractivity contribution in [2.75, 3.05) is 26.2 Å². The van der Waals surface area contributed by atoms with Gasteiger partial charge in [-0.2, -0.15) is 0 Å². The van der Waals surface area contributed by atoms with Gasteiger partial charge in [-0.25, -0.2) is 0 Å². The van der Waals surface area contributed by atoms with Crippen molar-refractivity contribution in [3.63, 3.8) is 0 Å². The molecule has 2 fully saturated rings. The maximum atomic E-state index is 11.5. The molecule has 1 aliphatic carbocycles. The molecule has 1 amide bonds. The molecule has 1 saturated heterocycles. The Morgan fingerprint density at radius 2 is 1.77 bits per heavy atom. The summed E-state index contributed by atoms with van der Waals surface area (Å²) in [6, 6.07) is 0. The van der Waals surface area contributed by atoms with Gasteiger partial charge in [0.25, 0.3) is 0 Å². The lowest BCUT2D eigenvalue weighted by molar-refractivity contribution is -0.133. The fourth-order valence-corrected chi connectivity index (χ4v) is 1.47. The van der Waals surface area contributed by atoms with Crippen LogP contribution < -0.4 is 5.32 Å². The molecule has 3 heteroatoms. The van der Waals surface area contributed by atoms with E-state index in [1.165, 1.54) is 0 Å². The molecule has 2 aliphatic rings. The third-order valence-electron chi connectivity index (χ3n) is 2.36. The zero-order valence-electron chi connectivity index (χ0n) is 8.68. The van der Waals surface area contributed by atoms with E-state index in [0.717, 1.165) is 39.0 Å². The minimum Gasteiger partial charge on any atom is -0.340 e. The molecular weight excluding hydrogens is 164 g/mol. The predicted molar refractivity (Wildman–Crippen MR) is 53.5 cm³/mol. The van der Waals surface area contributed by atoms with E-state index in [9.17, 15) is 4.79 Å². The zero-order chi connectivity index (χ0) is 9.68. The number of rotatable bonds is 1. The number of amides is 1. The van der Waals surface area contributed by atoms with Crippen LogP contribution in [0.5, 0.6) is 0 Å². The molecule has 0 unspecified atom stereocenters. The highest BCUT2D eigenvalue weighted by Crippen LogP contribution is 2.30. The summed E-state index contributed by atoms with van der Waals surface area (Å²) >= 11 is 0. The largest absolute Gasteiger partial charge is 0.340 e. The van der Waals surface area contributed by atoms with E-state index in [2.05, 4.69) is 5.32 Å². The second-order valence-corrected chi connectivity index (χ2v) is 3.35. The van der Waals surface area contributed by atoms with Gasteiger partial charge in [0, 0.05) is 32.1 Å². The summed E-state index contributed by atoms with van der Waals surface area (Å²) in [4.78, 5) is 13.5. The lowest BCUT2D eigenvalue weighted by Gasteiger charge is -2.27. The Bertz CT molecular complexity index is 160. The molecule has 0 atom stereocenters. The standard InChI is InChI=1S/C8H14N2O.C2H6/c11-8(7-1-2-7)10-5-3-9-4-6-10;1-2/h7,9H,1-6H2;1-2H3. The molecule has 2 rings (SSSR count). The number of piperazine rings is 1. The van der Waals surface area contributed by atoms with Gasteiger partial charge in [0.2, 0.25) is 5.91 Å². The highest BCUT2D eigenvalue weighted by atomic mass is 16.2. The van der Waals surface area contributed by atoms with Gasteiger partial charge in [-0.05, 0) is 12.8 Å². The molecule has 76 valence electrons. The van der Waals surface area contributed by atoms with Crippen LogP contribution in [0.15, 0.2) is 0 Å². The van der Waals surface area contributed by atoms with Gasteiger partial charge >= 0.3 is 0 Å². The first kappa shape index (κ1) is 10.5. The maximum Gasteiger partial charge on any atom is 0.225 e. The van der Waals surface area contributed by atoms with E-state index in [0.29, 0.717) is 11.8 Å². The fraction of sp³-hybridized carbons (Fsp3) is 0.900. The zero-order valence-corrected chi connectivity index (χ0v) is 8.68. The molecule has 0 bridgehead atoms. The van der Waals surface area contributed by atoms with E-state index >= 15 is 0 Å². The van der Waals surface area contributed by atoms with Gasteiger partial charge in [0.15, 0.2) is 0 Å². The van der Waals surface area contributed by atoms with Crippen LogP contribution in [0.2, 0.25) is 0 Å². The summed E-state index contributed by atoms with van der Waals surface area (Å²) in [6.07, 6.45) is 2.26. The van der Waals surface area contributed by atoms with Crippen LogP contribution in [-0.4, -0.2) is 37.0 Å². The van der Waals surface area contributed by atoms with E-state index in [-0.39, 0.29) is 0 Å². The Kier molecular flexibility index (Phi) is 4.22. The Morgan fingerprint density at radius 3 is 2.23 bits per heavy atom. The molecule has 13 heavy (non-hydrogen) atoms. The summed E-state index contributed by atoms with van der Waals surface area (Å²) in [6.45, 7) is 7.77. The number of nitrogens with one attached hydrogen (secondary N) is 1. The Hall–Kier alpha value is -0.570. The monoisotopic (exact) mass is 184 g/mol. The third-order valence-corrected chi connectivity index (χ3v) is 2.36. The van der Waals surface area contributed by atoms with Crippen molar-refractivity contribution in [3.05, 3.63) is 0 Å². The SMILES string of the molecule is CC.O=C(C1CC1)N1CCNCC1. The molecule has 1 saturated carbocycles. The maximum absolute atomic E-state index is 11.5. The lowest BCUT2D eigenvalue weighted by atomic mass is 10.3. The van der Waals surface area contributed by atoms with Crippen molar-refractivity contribution in [1.82, 2.24) is 10.2 Å². The number of hydrogen-bond acceptors (Lipinski definition) is 2. The van der Waals surface area contributed by atoms with Gasteiger partial charge in [-0.1, -0.05) is 13.8 Å². The summed E-state index contributed by atoms with van der Waals surface area (Å²) in [7, 11) is 0. The van der Waals surface area contributed by atoms with Crippen LogP contribution in [0.4, 0.5) is 0 Å². The predicted octanol–water partition coefficient (Wildman–Crippen LogP) is 0.854. The van der Waals surface area contributed by atoms with Crippen LogP contribution in [-0.2, 0) is 4.79 Å². The van der Waals surface area contributed by atoms with Crippen molar-refractivity contribution in [1.29, 1.82) is 0 Å². The van der Waals surface area contributed by atoms with Crippen LogP contribution in [0, 0.1) is 5.92 Å². The summed E-state index contributed by atoms with van der Waals surface area (Å²) in [5, 5.41) is 3.24. The van der Waals surface area contributed by atoms with Crippen molar-refractivity contribution in [3.8, 4) is 0 Å². The molecule has 0 aromatic heterocycles. The molecule has 1 aliphatic heterocycles. The minimum atomic E-state index is 0.395. The third kappa shape index (κ3) is 2.99. The summed E-state index contributed by atoms with van der Waals surface area (Å²) in [5.74, 6) is 0.791. The molecule has 0 aromatic carbocycles. The van der Waals surface area contributed by atoms with E-state index in [4.69, 9.17) is 0 Å². The second-order valence-electron chi connectivity index (χ2n) is 3.35. The Balaban J connectivity index is 0.000000396. The molecule has 0 aromatic rings. The summed E-state index contributed by atoms with van der Waals surface area (Å²) < 4.78 is 0. The smallest absolute Gasteiger partial charge is 0.225 e. The molecule has 1 heterocycles. The van der Waals surface area contributed by atoms with Gasteiger partial charge in [-0.3, -0.25) is 4.79 Å². The van der Waals surface area contributed by atoms with Crippen LogP contribution in [0.25, 0.3) is 0 Å². The number of carbonyl (C=O) groups is 1. The summed E-state index contributed by atoms with van der Waals surface area (Å²) in [5.41, 5.74) is 0. The second kappa shape index (κ2) is 5.22. The minimum absolute atomic E-state index is 0.395. The highest BCUT2D eigenvalue weighted by Gasteiger charge is 2.33. The Labute approximate surface area is 80.5 Å². The molecular formula is C10H20N2O. The Morgan fingerprint density at radius 1 is 1.23 bits per heavy atom. The van der Waals surface area contributed by atoms with E-state index < -0.39 is 0 Å². The average Bonchev–Trinajstić information content (AvgIpc) is 3.05. The quantitative estimate of drug-likeness (QED) is 0.655.